The van der Waals surface area contributed by atoms with Crippen LogP contribution in [0, 0.1) is 6.07 Å². The molecule has 0 unspecified atom stereocenters. The molecule has 4 aromatic rings. The number of hydrogen-bond acceptors (Lipinski definition) is 2. The van der Waals surface area contributed by atoms with Gasteiger partial charge in [0.25, 0.3) is 0 Å². The SMILES string of the molecule is COc1ccc(-c2ccc(Cl)cc2)c(CSc2ccc(-c3[c]cccc3)cc2)c1. The van der Waals surface area contributed by atoms with E-state index < -0.39 is 0 Å². The molecule has 0 spiro atoms. The zero-order chi connectivity index (χ0) is 20.1. The van der Waals surface area contributed by atoms with E-state index in [4.69, 9.17) is 16.3 Å². The van der Waals surface area contributed by atoms with Crippen LogP contribution in [0.2, 0.25) is 5.02 Å². The van der Waals surface area contributed by atoms with Crippen molar-refractivity contribution in [2.45, 2.75) is 10.6 Å². The molecule has 0 heterocycles. The van der Waals surface area contributed by atoms with E-state index in [1.54, 1.807) is 7.11 Å². The van der Waals surface area contributed by atoms with Crippen molar-refractivity contribution in [3.63, 3.8) is 0 Å². The van der Waals surface area contributed by atoms with Gasteiger partial charge in [0, 0.05) is 15.7 Å². The summed E-state index contributed by atoms with van der Waals surface area (Å²) in [7, 11) is 1.70. The van der Waals surface area contributed by atoms with Crippen LogP contribution in [0.1, 0.15) is 5.56 Å². The second-order valence-corrected chi connectivity index (χ2v) is 8.10. The standard InChI is InChI=1S/C26H20ClOS/c1-28-24-13-16-26(21-7-11-23(27)12-8-21)22(17-24)18-29-25-14-9-20(10-15-25)19-5-3-2-4-6-19/h2-5,7-17H,18H2,1H3. The highest BCUT2D eigenvalue weighted by Crippen LogP contribution is 2.33. The molecule has 1 nitrogen and oxygen atoms in total. The fourth-order valence-corrected chi connectivity index (χ4v) is 4.21. The van der Waals surface area contributed by atoms with Gasteiger partial charge >= 0.3 is 0 Å². The van der Waals surface area contributed by atoms with Crippen LogP contribution in [0.15, 0.2) is 95.9 Å². The van der Waals surface area contributed by atoms with E-state index in [2.05, 4.69) is 60.7 Å². The lowest BCUT2D eigenvalue weighted by Gasteiger charge is -2.12. The molecule has 0 aliphatic rings. The second-order valence-electron chi connectivity index (χ2n) is 6.62. The summed E-state index contributed by atoms with van der Waals surface area (Å²) in [5, 5.41) is 0.744. The molecule has 0 aromatic heterocycles. The fraction of sp³-hybridized carbons (Fsp3) is 0.0769. The maximum Gasteiger partial charge on any atom is 0.119 e. The summed E-state index contributed by atoms with van der Waals surface area (Å²) in [5.74, 6) is 1.72. The van der Waals surface area contributed by atoms with Gasteiger partial charge in [0.2, 0.25) is 0 Å². The summed E-state index contributed by atoms with van der Waals surface area (Å²) >= 11 is 7.88. The molecule has 4 rings (SSSR count). The van der Waals surface area contributed by atoms with E-state index in [1.165, 1.54) is 21.6 Å². The minimum atomic E-state index is 0.744. The van der Waals surface area contributed by atoms with Crippen LogP contribution in [-0.4, -0.2) is 7.11 Å². The summed E-state index contributed by atoms with van der Waals surface area (Å²) in [6.45, 7) is 0. The maximum absolute atomic E-state index is 6.06. The smallest absolute Gasteiger partial charge is 0.119 e. The topological polar surface area (TPSA) is 9.23 Å². The van der Waals surface area contributed by atoms with Crippen LogP contribution in [0.3, 0.4) is 0 Å². The number of halogens is 1. The normalized spacial score (nSPS) is 10.7. The van der Waals surface area contributed by atoms with E-state index in [0.29, 0.717) is 0 Å². The number of thioether (sulfide) groups is 1. The Bertz CT molecular complexity index is 1070. The van der Waals surface area contributed by atoms with E-state index >= 15 is 0 Å². The number of methoxy groups -OCH3 is 1. The third kappa shape index (κ3) is 4.84. The molecule has 0 aliphatic heterocycles. The van der Waals surface area contributed by atoms with Crippen LogP contribution in [-0.2, 0) is 5.75 Å². The van der Waals surface area contributed by atoms with Crippen molar-refractivity contribution in [3.8, 4) is 28.0 Å². The second kappa shape index (κ2) is 9.21. The molecule has 1 radical (unpaired) electrons. The van der Waals surface area contributed by atoms with Gasteiger partial charge in [-0.25, -0.2) is 0 Å². The largest absolute Gasteiger partial charge is 0.497 e. The molecule has 0 amide bonds. The Kier molecular flexibility index (Phi) is 6.24. The highest BCUT2D eigenvalue weighted by Gasteiger charge is 2.08. The van der Waals surface area contributed by atoms with E-state index in [9.17, 15) is 0 Å². The number of ether oxygens (including phenoxy) is 1. The molecule has 3 heteroatoms. The fourth-order valence-electron chi connectivity index (χ4n) is 3.19. The number of rotatable bonds is 6. The summed E-state index contributed by atoms with van der Waals surface area (Å²) in [6.07, 6.45) is 0. The Hall–Kier alpha value is -2.68. The lowest BCUT2D eigenvalue weighted by molar-refractivity contribution is 0.414. The Balaban J connectivity index is 1.55. The van der Waals surface area contributed by atoms with Crippen molar-refractivity contribution < 1.29 is 4.74 Å². The van der Waals surface area contributed by atoms with Crippen molar-refractivity contribution >= 4 is 23.4 Å². The molecule has 0 aliphatic carbocycles. The average molecular weight is 416 g/mol. The Morgan fingerprint density at radius 3 is 2.31 bits per heavy atom. The van der Waals surface area contributed by atoms with Crippen molar-refractivity contribution in [2.24, 2.45) is 0 Å². The molecule has 0 saturated carbocycles. The molecule has 0 fully saturated rings. The minimum absolute atomic E-state index is 0.744. The van der Waals surface area contributed by atoms with Gasteiger partial charge in [-0.3, -0.25) is 0 Å². The summed E-state index contributed by atoms with van der Waals surface area (Å²) in [6, 6.07) is 34.2. The van der Waals surface area contributed by atoms with E-state index in [-0.39, 0.29) is 0 Å². The highest BCUT2D eigenvalue weighted by atomic mass is 35.5. The summed E-state index contributed by atoms with van der Waals surface area (Å²) < 4.78 is 5.45. The predicted octanol–water partition coefficient (Wildman–Crippen LogP) is 7.78. The molecule has 0 bridgehead atoms. The lowest BCUT2D eigenvalue weighted by atomic mass is 10.0. The van der Waals surface area contributed by atoms with Crippen LogP contribution < -0.4 is 4.74 Å². The van der Waals surface area contributed by atoms with Crippen molar-refractivity contribution in [3.05, 3.63) is 108 Å². The maximum atomic E-state index is 6.06. The van der Waals surface area contributed by atoms with Crippen LogP contribution in [0.25, 0.3) is 22.3 Å². The molecular weight excluding hydrogens is 396 g/mol. The molecule has 0 N–H and O–H groups in total. The Morgan fingerprint density at radius 2 is 1.62 bits per heavy atom. The first-order valence-electron chi connectivity index (χ1n) is 9.36. The number of benzene rings is 4. The Labute approximate surface area is 181 Å². The molecule has 0 saturated heterocycles. The third-order valence-electron chi connectivity index (χ3n) is 4.74. The molecule has 4 aromatic carbocycles. The van der Waals surface area contributed by atoms with Gasteiger partial charge in [-0.05, 0) is 70.3 Å². The van der Waals surface area contributed by atoms with Crippen LogP contribution in [0.4, 0.5) is 0 Å². The zero-order valence-electron chi connectivity index (χ0n) is 16.1. The third-order valence-corrected chi connectivity index (χ3v) is 6.05. The first-order chi connectivity index (χ1) is 14.2. The first-order valence-corrected chi connectivity index (χ1v) is 10.7. The minimum Gasteiger partial charge on any atom is -0.497 e. The van der Waals surface area contributed by atoms with Gasteiger partial charge in [0.1, 0.15) is 5.75 Å². The molecule has 29 heavy (non-hydrogen) atoms. The van der Waals surface area contributed by atoms with Gasteiger partial charge in [-0.2, -0.15) is 0 Å². The summed E-state index contributed by atoms with van der Waals surface area (Å²) in [4.78, 5) is 1.23. The Morgan fingerprint density at radius 1 is 0.862 bits per heavy atom. The quantitative estimate of drug-likeness (QED) is 0.297. The van der Waals surface area contributed by atoms with Crippen molar-refractivity contribution in [2.75, 3.05) is 7.11 Å². The predicted molar refractivity (Wildman–Crippen MR) is 124 cm³/mol. The van der Waals surface area contributed by atoms with E-state index in [1.807, 2.05) is 48.2 Å². The van der Waals surface area contributed by atoms with E-state index in [0.717, 1.165) is 27.7 Å². The van der Waals surface area contributed by atoms with Gasteiger partial charge < -0.3 is 4.74 Å². The highest BCUT2D eigenvalue weighted by molar-refractivity contribution is 7.98. The number of hydrogen-bond donors (Lipinski definition) is 0. The van der Waals surface area contributed by atoms with Crippen molar-refractivity contribution in [1.29, 1.82) is 0 Å². The summed E-state index contributed by atoms with van der Waals surface area (Å²) in [5.41, 5.74) is 5.88. The van der Waals surface area contributed by atoms with Crippen molar-refractivity contribution in [1.82, 2.24) is 0 Å². The van der Waals surface area contributed by atoms with Gasteiger partial charge in [0.05, 0.1) is 7.11 Å². The van der Waals surface area contributed by atoms with Gasteiger partial charge in [-0.15, -0.1) is 11.8 Å². The monoisotopic (exact) mass is 415 g/mol. The molecular formula is C26H20ClOS. The average Bonchev–Trinajstić information content (AvgIpc) is 2.79. The van der Waals surface area contributed by atoms with Gasteiger partial charge in [0.15, 0.2) is 0 Å². The molecule has 143 valence electrons. The van der Waals surface area contributed by atoms with Crippen LogP contribution in [0.5, 0.6) is 5.75 Å². The molecule has 0 atom stereocenters. The first kappa shape index (κ1) is 19.6. The zero-order valence-corrected chi connectivity index (χ0v) is 17.6. The van der Waals surface area contributed by atoms with Crippen LogP contribution >= 0.6 is 23.4 Å². The lowest BCUT2D eigenvalue weighted by Crippen LogP contribution is -1.91. The van der Waals surface area contributed by atoms with Gasteiger partial charge in [-0.1, -0.05) is 66.2 Å².